The molecule has 39 heavy (non-hydrogen) atoms. The molecule has 12 heteroatoms. The number of amides is 2. The minimum Gasteiger partial charge on any atom is -0.406 e. The number of benzene rings is 1. The molecule has 0 radical (unpaired) electrons. The quantitative estimate of drug-likeness (QED) is 0.145. The summed E-state index contributed by atoms with van der Waals surface area (Å²) in [6.45, 7) is 5.76. The standard InChI is InChI=1S/C27H35F3N4O5/c1-4-14-33(19-36)25(31-2)24(26(37)32(3)15-9-16-35)34(18-21-10-6-5-7-11-21)20-38-22-12-8-13-23(17-22)39-27(28,29)30/h5-8,10-11,13,17,19,22,35H,2,4,9,12,14-16,18,20H2,1,3H3/b25-24+. The van der Waals surface area contributed by atoms with Crippen LogP contribution in [0.4, 0.5) is 13.2 Å². The van der Waals surface area contributed by atoms with Gasteiger partial charge in [-0.05, 0) is 43.7 Å². The van der Waals surface area contributed by atoms with Gasteiger partial charge < -0.3 is 24.4 Å². The SMILES string of the molecule is C=N/C(=C(/C(=O)N(C)CCCO)N(COC1C=C(OC(F)(F)F)C=CC1)Cc1ccccc1)N(C=O)CCC. The topological polar surface area (TPSA) is 94.9 Å². The van der Waals surface area contributed by atoms with Crippen LogP contribution in [0.15, 0.2) is 70.8 Å². The molecule has 2 rings (SSSR count). The van der Waals surface area contributed by atoms with E-state index in [1.54, 1.807) is 11.9 Å². The number of halogens is 3. The maximum atomic E-state index is 13.8. The predicted octanol–water partition coefficient (Wildman–Crippen LogP) is 3.79. The maximum Gasteiger partial charge on any atom is 0.573 e. The zero-order valence-electron chi connectivity index (χ0n) is 22.1. The molecule has 0 aliphatic heterocycles. The van der Waals surface area contributed by atoms with Crippen LogP contribution < -0.4 is 0 Å². The maximum absolute atomic E-state index is 13.8. The molecule has 214 valence electrons. The molecule has 0 spiro atoms. The van der Waals surface area contributed by atoms with Gasteiger partial charge in [0, 0.05) is 33.3 Å². The number of aliphatic imine (C=N–C) groups is 1. The molecule has 1 unspecified atom stereocenters. The fraction of sp³-hybridized carbons (Fsp3) is 0.444. The highest BCUT2D eigenvalue weighted by Gasteiger charge is 2.33. The highest BCUT2D eigenvalue weighted by Crippen LogP contribution is 2.26. The van der Waals surface area contributed by atoms with E-state index in [2.05, 4.69) is 16.4 Å². The first-order chi connectivity index (χ1) is 18.6. The minimum absolute atomic E-state index is 0.0207. The van der Waals surface area contributed by atoms with Crippen molar-refractivity contribution in [1.82, 2.24) is 14.7 Å². The van der Waals surface area contributed by atoms with Gasteiger partial charge in [-0.3, -0.25) is 14.5 Å². The number of allylic oxidation sites excluding steroid dienone is 1. The average molecular weight is 553 g/mol. The molecule has 0 bridgehead atoms. The van der Waals surface area contributed by atoms with Gasteiger partial charge in [0.2, 0.25) is 6.41 Å². The molecule has 9 nitrogen and oxygen atoms in total. The Bertz CT molecular complexity index is 1040. The molecule has 2 amide bonds. The van der Waals surface area contributed by atoms with Crippen LogP contribution in [0.5, 0.6) is 0 Å². The number of hydrogen-bond donors (Lipinski definition) is 1. The summed E-state index contributed by atoms with van der Waals surface area (Å²) < 4.78 is 48.1. The van der Waals surface area contributed by atoms with Gasteiger partial charge >= 0.3 is 6.36 Å². The van der Waals surface area contributed by atoms with Crippen molar-refractivity contribution in [3.05, 3.63) is 71.4 Å². The highest BCUT2D eigenvalue weighted by atomic mass is 19.4. The van der Waals surface area contributed by atoms with E-state index in [1.165, 1.54) is 28.0 Å². The molecule has 1 aromatic rings. The van der Waals surface area contributed by atoms with Crippen molar-refractivity contribution in [2.24, 2.45) is 4.99 Å². The Hall–Kier alpha value is -3.64. The average Bonchev–Trinajstić information content (AvgIpc) is 2.91. The summed E-state index contributed by atoms with van der Waals surface area (Å²) in [5, 5.41) is 9.26. The van der Waals surface area contributed by atoms with Gasteiger partial charge in [0.05, 0.1) is 6.10 Å². The van der Waals surface area contributed by atoms with Crippen LogP contribution in [0, 0.1) is 0 Å². The zero-order valence-corrected chi connectivity index (χ0v) is 22.1. The molecule has 1 N–H and O–H groups in total. The number of ether oxygens (including phenoxy) is 2. The number of alkyl halides is 3. The lowest BCUT2D eigenvalue weighted by molar-refractivity contribution is -0.303. The molecule has 1 aliphatic rings. The van der Waals surface area contributed by atoms with Crippen molar-refractivity contribution < 1.29 is 37.3 Å². The van der Waals surface area contributed by atoms with Crippen LogP contribution in [0.25, 0.3) is 0 Å². The summed E-state index contributed by atoms with van der Waals surface area (Å²) in [6.07, 6.45) is 0.0744. The number of nitrogens with zero attached hydrogens (tertiary/aromatic N) is 4. The number of aliphatic hydroxyl groups is 1. The van der Waals surface area contributed by atoms with Gasteiger partial charge in [0.15, 0.2) is 5.82 Å². The van der Waals surface area contributed by atoms with E-state index in [9.17, 15) is 27.9 Å². The van der Waals surface area contributed by atoms with Crippen LogP contribution >= 0.6 is 0 Å². The summed E-state index contributed by atoms with van der Waals surface area (Å²) in [5.74, 6) is -0.867. The Morgan fingerprint density at radius 3 is 2.56 bits per heavy atom. The van der Waals surface area contributed by atoms with E-state index in [1.807, 2.05) is 37.3 Å². The fourth-order valence-electron chi connectivity index (χ4n) is 3.84. The second-order valence-corrected chi connectivity index (χ2v) is 8.71. The van der Waals surface area contributed by atoms with Crippen molar-refractivity contribution in [3.8, 4) is 0 Å². The number of likely N-dealkylation sites (N-methyl/N-ethyl adjacent to an activating group) is 1. The first-order valence-corrected chi connectivity index (χ1v) is 12.5. The van der Waals surface area contributed by atoms with E-state index in [-0.39, 0.29) is 50.9 Å². The van der Waals surface area contributed by atoms with E-state index < -0.39 is 24.1 Å². The van der Waals surface area contributed by atoms with Crippen molar-refractivity contribution in [2.45, 2.75) is 45.2 Å². The van der Waals surface area contributed by atoms with E-state index in [4.69, 9.17) is 4.74 Å². The number of rotatable bonds is 16. The molecule has 0 heterocycles. The van der Waals surface area contributed by atoms with Gasteiger partial charge in [-0.1, -0.05) is 43.3 Å². The lowest BCUT2D eigenvalue weighted by atomic mass is 10.1. The Morgan fingerprint density at radius 2 is 1.97 bits per heavy atom. The molecule has 1 aliphatic carbocycles. The normalized spacial score (nSPS) is 15.6. The number of hydrogen-bond acceptors (Lipinski definition) is 7. The van der Waals surface area contributed by atoms with Crippen LogP contribution in [0.1, 0.15) is 31.7 Å². The Morgan fingerprint density at radius 1 is 1.26 bits per heavy atom. The highest BCUT2D eigenvalue weighted by molar-refractivity contribution is 5.93. The Kier molecular flexibility index (Phi) is 12.7. The largest absolute Gasteiger partial charge is 0.573 e. The zero-order chi connectivity index (χ0) is 28.8. The number of carbonyl (C=O) groups excluding carboxylic acids is 2. The molecular formula is C27H35F3N4O5. The van der Waals surface area contributed by atoms with Crippen molar-refractivity contribution in [2.75, 3.05) is 33.5 Å². The van der Waals surface area contributed by atoms with Gasteiger partial charge in [-0.2, -0.15) is 0 Å². The first-order valence-electron chi connectivity index (χ1n) is 12.5. The number of aliphatic hydroxyl groups excluding tert-OH is 1. The second-order valence-electron chi connectivity index (χ2n) is 8.71. The van der Waals surface area contributed by atoms with Crippen LogP contribution in [0.2, 0.25) is 0 Å². The summed E-state index contributed by atoms with van der Waals surface area (Å²) in [5.41, 5.74) is 0.832. The van der Waals surface area contributed by atoms with Gasteiger partial charge in [0.1, 0.15) is 18.2 Å². The predicted molar refractivity (Wildman–Crippen MR) is 140 cm³/mol. The lowest BCUT2D eigenvalue weighted by Crippen LogP contribution is -2.41. The minimum atomic E-state index is -4.85. The summed E-state index contributed by atoms with van der Waals surface area (Å²) in [4.78, 5) is 34.0. The van der Waals surface area contributed by atoms with Crippen LogP contribution in [-0.4, -0.2) is 84.8 Å². The molecule has 0 aromatic heterocycles. The molecular weight excluding hydrogens is 517 g/mol. The molecule has 0 saturated carbocycles. The second kappa shape index (κ2) is 15.7. The molecule has 0 saturated heterocycles. The van der Waals surface area contributed by atoms with E-state index >= 15 is 0 Å². The van der Waals surface area contributed by atoms with Gasteiger partial charge in [-0.15, -0.1) is 13.2 Å². The first kappa shape index (κ1) is 31.6. The molecule has 1 aromatic carbocycles. The third-order valence-electron chi connectivity index (χ3n) is 5.64. The van der Waals surface area contributed by atoms with Gasteiger partial charge in [-0.25, -0.2) is 4.99 Å². The monoisotopic (exact) mass is 552 g/mol. The lowest BCUT2D eigenvalue weighted by Gasteiger charge is -2.33. The third kappa shape index (κ3) is 10.2. The molecule has 1 atom stereocenters. The fourth-order valence-corrected chi connectivity index (χ4v) is 3.84. The van der Waals surface area contributed by atoms with Crippen LogP contribution in [0.3, 0.4) is 0 Å². The Labute approximate surface area is 226 Å². The van der Waals surface area contributed by atoms with Gasteiger partial charge in [0.25, 0.3) is 5.91 Å². The van der Waals surface area contributed by atoms with Crippen molar-refractivity contribution in [1.29, 1.82) is 0 Å². The van der Waals surface area contributed by atoms with E-state index in [0.29, 0.717) is 19.3 Å². The summed E-state index contributed by atoms with van der Waals surface area (Å²) in [6, 6.07) is 9.16. The third-order valence-corrected chi connectivity index (χ3v) is 5.64. The molecule has 0 fully saturated rings. The van der Waals surface area contributed by atoms with Crippen LogP contribution in [-0.2, 0) is 25.6 Å². The van der Waals surface area contributed by atoms with Crippen molar-refractivity contribution in [3.63, 3.8) is 0 Å². The van der Waals surface area contributed by atoms with Crippen molar-refractivity contribution >= 4 is 19.0 Å². The Balaban J connectivity index is 2.51. The number of carbonyl (C=O) groups is 2. The summed E-state index contributed by atoms with van der Waals surface area (Å²) in [7, 11) is 1.56. The summed E-state index contributed by atoms with van der Waals surface area (Å²) >= 11 is 0. The van der Waals surface area contributed by atoms with E-state index in [0.717, 1.165) is 5.56 Å². The smallest absolute Gasteiger partial charge is 0.406 e.